The maximum atomic E-state index is 11.9. The first-order chi connectivity index (χ1) is 12.3. The van der Waals surface area contributed by atoms with Gasteiger partial charge < -0.3 is 14.8 Å². The van der Waals surface area contributed by atoms with Gasteiger partial charge in [-0.3, -0.25) is 4.79 Å². The zero-order chi connectivity index (χ0) is 19.0. The van der Waals surface area contributed by atoms with Crippen LogP contribution in [0.4, 0.5) is 13.2 Å². The van der Waals surface area contributed by atoms with Crippen LogP contribution in [0, 0.1) is 0 Å². The van der Waals surface area contributed by atoms with Crippen LogP contribution in [-0.4, -0.2) is 36.8 Å². The van der Waals surface area contributed by atoms with Gasteiger partial charge in [0, 0.05) is 29.9 Å². The van der Waals surface area contributed by atoms with Crippen LogP contribution in [-0.2, 0) is 4.74 Å². The Morgan fingerprint density at radius 1 is 1.15 bits per heavy atom. The van der Waals surface area contributed by atoms with Crippen LogP contribution in [0.15, 0.2) is 47.1 Å². The Kier molecular flexibility index (Phi) is 7.40. The molecular weight excluding hydrogens is 417 g/mol. The van der Waals surface area contributed by atoms with Crippen LogP contribution in [0.2, 0.25) is 0 Å². The van der Waals surface area contributed by atoms with Gasteiger partial charge in [-0.05, 0) is 36.8 Å². The van der Waals surface area contributed by atoms with Gasteiger partial charge in [0.05, 0.1) is 5.56 Å². The number of nitrogens with one attached hydrogen (secondary N) is 1. The molecule has 0 aliphatic heterocycles. The van der Waals surface area contributed by atoms with E-state index in [1.807, 2.05) is 12.1 Å². The molecule has 140 valence electrons. The van der Waals surface area contributed by atoms with Crippen molar-refractivity contribution in [2.24, 2.45) is 0 Å². The monoisotopic (exact) mass is 432 g/mol. The van der Waals surface area contributed by atoms with Crippen LogP contribution >= 0.6 is 15.9 Å². The summed E-state index contributed by atoms with van der Waals surface area (Å²) in [4.78, 5) is 16.0. The minimum absolute atomic E-state index is 0.0853. The SMILES string of the molecule is O=C(NCCCOCC(F)(F)F)c1ccc(Oc2ccc(Br)cc2)nc1. The summed E-state index contributed by atoms with van der Waals surface area (Å²) in [7, 11) is 0. The molecule has 0 aliphatic carbocycles. The lowest BCUT2D eigenvalue weighted by Crippen LogP contribution is -2.26. The molecule has 0 saturated carbocycles. The van der Waals surface area contributed by atoms with E-state index in [1.54, 1.807) is 24.3 Å². The zero-order valence-corrected chi connectivity index (χ0v) is 15.1. The van der Waals surface area contributed by atoms with E-state index in [1.165, 1.54) is 6.20 Å². The summed E-state index contributed by atoms with van der Waals surface area (Å²) in [6, 6.07) is 10.3. The summed E-state index contributed by atoms with van der Waals surface area (Å²) >= 11 is 3.33. The average Bonchev–Trinajstić information content (AvgIpc) is 2.59. The first-order valence-corrected chi connectivity index (χ1v) is 8.45. The Balaban J connectivity index is 1.73. The van der Waals surface area contributed by atoms with Crippen molar-refractivity contribution in [2.45, 2.75) is 12.6 Å². The van der Waals surface area contributed by atoms with Crippen LogP contribution < -0.4 is 10.1 Å². The minimum atomic E-state index is -4.34. The highest BCUT2D eigenvalue weighted by atomic mass is 79.9. The van der Waals surface area contributed by atoms with E-state index in [0.717, 1.165) is 4.47 Å². The maximum absolute atomic E-state index is 11.9. The smallest absolute Gasteiger partial charge is 0.411 e. The van der Waals surface area contributed by atoms with Crippen molar-refractivity contribution in [1.82, 2.24) is 10.3 Å². The van der Waals surface area contributed by atoms with E-state index in [4.69, 9.17) is 4.74 Å². The molecule has 1 N–H and O–H groups in total. The Morgan fingerprint density at radius 3 is 2.50 bits per heavy atom. The Hall–Kier alpha value is -2.13. The molecule has 5 nitrogen and oxygen atoms in total. The number of benzene rings is 1. The number of alkyl halides is 3. The van der Waals surface area contributed by atoms with Gasteiger partial charge in [-0.15, -0.1) is 0 Å². The fourth-order valence-electron chi connectivity index (χ4n) is 1.86. The number of nitrogens with zero attached hydrogens (tertiary/aromatic N) is 1. The van der Waals surface area contributed by atoms with Crippen molar-refractivity contribution in [3.05, 3.63) is 52.6 Å². The first kappa shape index (κ1) is 20.2. The van der Waals surface area contributed by atoms with Gasteiger partial charge in [0.15, 0.2) is 0 Å². The van der Waals surface area contributed by atoms with Crippen molar-refractivity contribution in [3.63, 3.8) is 0 Å². The van der Waals surface area contributed by atoms with E-state index in [9.17, 15) is 18.0 Å². The fraction of sp³-hybridized carbons (Fsp3) is 0.294. The lowest BCUT2D eigenvalue weighted by atomic mass is 10.2. The molecule has 1 aromatic heterocycles. The van der Waals surface area contributed by atoms with E-state index >= 15 is 0 Å². The first-order valence-electron chi connectivity index (χ1n) is 7.66. The van der Waals surface area contributed by atoms with Gasteiger partial charge in [-0.1, -0.05) is 15.9 Å². The summed E-state index contributed by atoms with van der Waals surface area (Å²) in [5.74, 6) is 0.574. The second-order valence-corrected chi connectivity index (χ2v) is 6.13. The van der Waals surface area contributed by atoms with Gasteiger partial charge in [-0.2, -0.15) is 13.2 Å². The van der Waals surface area contributed by atoms with Gasteiger partial charge >= 0.3 is 6.18 Å². The zero-order valence-electron chi connectivity index (χ0n) is 13.6. The molecule has 0 saturated heterocycles. The number of aromatic nitrogens is 1. The number of rotatable bonds is 8. The maximum Gasteiger partial charge on any atom is 0.411 e. The number of carbonyl (C=O) groups excluding carboxylic acids is 1. The normalized spacial score (nSPS) is 11.2. The van der Waals surface area contributed by atoms with Crippen molar-refractivity contribution >= 4 is 21.8 Å². The largest absolute Gasteiger partial charge is 0.439 e. The fourth-order valence-corrected chi connectivity index (χ4v) is 2.13. The van der Waals surface area contributed by atoms with Crippen molar-refractivity contribution in [3.8, 4) is 11.6 Å². The highest BCUT2D eigenvalue weighted by Gasteiger charge is 2.27. The molecule has 0 bridgehead atoms. The molecule has 0 atom stereocenters. The molecule has 1 heterocycles. The highest BCUT2D eigenvalue weighted by Crippen LogP contribution is 2.21. The number of carbonyl (C=O) groups is 1. The lowest BCUT2D eigenvalue weighted by molar-refractivity contribution is -0.173. The molecule has 0 unspecified atom stereocenters. The third-order valence-electron chi connectivity index (χ3n) is 3.05. The molecule has 0 fully saturated rings. The van der Waals surface area contributed by atoms with Gasteiger partial charge in [0.1, 0.15) is 12.4 Å². The van der Waals surface area contributed by atoms with Crippen LogP contribution in [0.3, 0.4) is 0 Å². The van der Waals surface area contributed by atoms with Crippen LogP contribution in [0.5, 0.6) is 11.6 Å². The highest BCUT2D eigenvalue weighted by molar-refractivity contribution is 9.10. The minimum Gasteiger partial charge on any atom is -0.439 e. The van der Waals surface area contributed by atoms with E-state index in [0.29, 0.717) is 17.2 Å². The van der Waals surface area contributed by atoms with Crippen molar-refractivity contribution in [1.29, 1.82) is 0 Å². The topological polar surface area (TPSA) is 60.5 Å². The third kappa shape index (κ3) is 7.40. The molecule has 9 heteroatoms. The summed E-state index contributed by atoms with van der Waals surface area (Å²) in [5.41, 5.74) is 0.323. The molecule has 0 spiro atoms. The quantitative estimate of drug-likeness (QED) is 0.630. The summed E-state index contributed by atoms with van der Waals surface area (Å²) in [6.07, 6.45) is -2.70. The van der Waals surface area contributed by atoms with E-state index in [-0.39, 0.29) is 25.5 Å². The van der Waals surface area contributed by atoms with E-state index in [2.05, 4.69) is 31.0 Å². The van der Waals surface area contributed by atoms with Crippen LogP contribution in [0.1, 0.15) is 16.8 Å². The standard InChI is InChI=1S/C17H16BrF3N2O3/c18-13-3-5-14(6-4-13)26-15-7-2-12(10-23-15)16(24)22-8-1-9-25-11-17(19,20)21/h2-7,10H,1,8-9,11H2,(H,22,24). The number of hydrogen-bond donors (Lipinski definition) is 1. The second-order valence-electron chi connectivity index (χ2n) is 5.22. The Bertz CT molecular complexity index is 707. The molecule has 26 heavy (non-hydrogen) atoms. The molecule has 2 rings (SSSR count). The lowest BCUT2D eigenvalue weighted by Gasteiger charge is -2.08. The predicted molar refractivity (Wildman–Crippen MR) is 92.3 cm³/mol. The number of amides is 1. The third-order valence-corrected chi connectivity index (χ3v) is 3.58. The Morgan fingerprint density at radius 2 is 1.88 bits per heavy atom. The Labute approximate surface area is 156 Å². The number of halogens is 4. The summed E-state index contributed by atoms with van der Waals surface area (Å²) in [6.45, 7) is -1.17. The molecule has 0 aliphatic rings. The summed E-state index contributed by atoms with van der Waals surface area (Å²) < 4.78 is 46.6. The molecule has 2 aromatic rings. The van der Waals surface area contributed by atoms with Crippen LogP contribution in [0.25, 0.3) is 0 Å². The van der Waals surface area contributed by atoms with Gasteiger partial charge in [-0.25, -0.2) is 4.98 Å². The molecular formula is C17H16BrF3N2O3. The van der Waals surface area contributed by atoms with Gasteiger partial charge in [0.25, 0.3) is 5.91 Å². The molecule has 1 amide bonds. The second kappa shape index (κ2) is 9.54. The predicted octanol–water partition coefficient (Wildman–Crippen LogP) is 4.34. The number of hydrogen-bond acceptors (Lipinski definition) is 4. The van der Waals surface area contributed by atoms with Crippen molar-refractivity contribution in [2.75, 3.05) is 19.8 Å². The number of pyridine rings is 1. The average molecular weight is 433 g/mol. The van der Waals surface area contributed by atoms with Gasteiger partial charge in [0.2, 0.25) is 5.88 Å². The van der Waals surface area contributed by atoms with E-state index < -0.39 is 12.8 Å². The summed E-state index contributed by atoms with van der Waals surface area (Å²) in [5, 5.41) is 2.59. The van der Waals surface area contributed by atoms with Crippen molar-refractivity contribution < 1.29 is 27.4 Å². The number of ether oxygens (including phenoxy) is 2. The molecule has 1 aromatic carbocycles. The molecule has 0 radical (unpaired) electrons.